The van der Waals surface area contributed by atoms with E-state index in [1.807, 2.05) is 13.8 Å². The molecule has 0 amide bonds. The largest absolute Gasteiger partial charge is 0.368 e. The zero-order chi connectivity index (χ0) is 17.8. The Hall–Kier alpha value is -2.89. The lowest BCUT2D eigenvalue weighted by Crippen LogP contribution is -2.24. The van der Waals surface area contributed by atoms with Gasteiger partial charge in [-0.05, 0) is 67.6 Å². The molecule has 4 nitrogen and oxygen atoms in total. The van der Waals surface area contributed by atoms with E-state index in [1.165, 1.54) is 24.3 Å². The van der Waals surface area contributed by atoms with Crippen LogP contribution in [0.25, 0.3) is 22.5 Å². The maximum atomic E-state index is 13.3. The zero-order valence-electron chi connectivity index (χ0n) is 14.1. The van der Waals surface area contributed by atoms with E-state index in [1.54, 1.807) is 24.3 Å². The summed E-state index contributed by atoms with van der Waals surface area (Å²) in [7, 11) is 0. The number of hydrogen-bond donors (Lipinski definition) is 0. The van der Waals surface area contributed by atoms with Crippen LogP contribution in [0.2, 0.25) is 0 Å². The second-order valence-electron chi connectivity index (χ2n) is 5.52. The Morgan fingerprint density at radius 3 is 1.48 bits per heavy atom. The van der Waals surface area contributed by atoms with Gasteiger partial charge in [-0.1, -0.05) is 0 Å². The summed E-state index contributed by atoms with van der Waals surface area (Å²) >= 11 is 0. The molecule has 0 N–H and O–H groups in total. The molecule has 0 saturated heterocycles. The van der Waals surface area contributed by atoms with Gasteiger partial charge < -0.3 is 4.90 Å². The third-order valence-electron chi connectivity index (χ3n) is 4.05. The molecule has 0 unspecified atom stereocenters. The normalized spacial score (nSPS) is 10.7. The molecule has 3 rings (SSSR count). The van der Waals surface area contributed by atoms with Gasteiger partial charge in [0, 0.05) is 24.2 Å². The summed E-state index contributed by atoms with van der Waals surface area (Å²) < 4.78 is 26.6. The van der Waals surface area contributed by atoms with Crippen molar-refractivity contribution >= 4 is 5.69 Å². The van der Waals surface area contributed by atoms with E-state index in [0.717, 1.165) is 29.9 Å². The monoisotopic (exact) mass is 340 g/mol. The molecule has 3 aromatic rings. The molecule has 6 heteroatoms. The minimum absolute atomic E-state index is 0.311. The highest BCUT2D eigenvalue weighted by Gasteiger charge is 2.20. The Labute approximate surface area is 145 Å². The number of halogens is 2. The quantitative estimate of drug-likeness (QED) is 0.693. The number of nitrogens with zero attached hydrogens (tertiary/aromatic N) is 4. The Morgan fingerprint density at radius 2 is 1.12 bits per heavy atom. The molecule has 0 aliphatic heterocycles. The van der Waals surface area contributed by atoms with E-state index >= 15 is 0 Å². The smallest absolute Gasteiger partial charge is 0.123 e. The number of benzene rings is 2. The maximum Gasteiger partial charge on any atom is 0.123 e. The van der Waals surface area contributed by atoms with E-state index in [2.05, 4.69) is 20.3 Å². The summed E-state index contributed by atoms with van der Waals surface area (Å²) in [4.78, 5) is 2.11. The second kappa shape index (κ2) is 7.34. The lowest BCUT2D eigenvalue weighted by Gasteiger charge is -2.25. The first-order chi connectivity index (χ1) is 12.1. The van der Waals surface area contributed by atoms with Gasteiger partial charge in [-0.2, -0.15) is 0 Å². The third-order valence-corrected chi connectivity index (χ3v) is 4.05. The number of aromatic nitrogens is 3. The van der Waals surface area contributed by atoms with Gasteiger partial charge >= 0.3 is 0 Å². The van der Waals surface area contributed by atoms with Crippen LogP contribution in [0, 0.1) is 11.6 Å². The third kappa shape index (κ3) is 3.47. The fourth-order valence-electron chi connectivity index (χ4n) is 2.76. The van der Waals surface area contributed by atoms with Crippen LogP contribution in [0.1, 0.15) is 13.8 Å². The topological polar surface area (TPSA) is 41.9 Å². The molecule has 0 radical (unpaired) electrons. The first-order valence-electron chi connectivity index (χ1n) is 8.14. The Kier molecular flexibility index (Phi) is 4.97. The van der Waals surface area contributed by atoms with Crippen molar-refractivity contribution in [2.24, 2.45) is 0 Å². The molecule has 0 spiro atoms. The first kappa shape index (κ1) is 17.0. The molecule has 0 bridgehead atoms. The van der Waals surface area contributed by atoms with Gasteiger partial charge in [0.1, 0.15) is 23.0 Å². The minimum atomic E-state index is -0.311. The maximum absolute atomic E-state index is 13.3. The zero-order valence-corrected chi connectivity index (χ0v) is 14.1. The summed E-state index contributed by atoms with van der Waals surface area (Å²) in [5, 5.41) is 12.3. The lowest BCUT2D eigenvalue weighted by molar-refractivity contribution is 0.627. The number of rotatable bonds is 5. The van der Waals surface area contributed by atoms with Crippen LogP contribution in [0.3, 0.4) is 0 Å². The molecular formula is C19H18F2N4. The molecule has 0 fully saturated rings. The van der Waals surface area contributed by atoms with Crippen molar-refractivity contribution in [3.8, 4) is 22.5 Å². The van der Waals surface area contributed by atoms with Crippen LogP contribution in [-0.2, 0) is 0 Å². The highest BCUT2D eigenvalue weighted by atomic mass is 19.1. The van der Waals surface area contributed by atoms with Crippen molar-refractivity contribution in [3.05, 3.63) is 60.2 Å². The van der Waals surface area contributed by atoms with E-state index in [9.17, 15) is 8.78 Å². The molecule has 128 valence electrons. The van der Waals surface area contributed by atoms with Gasteiger partial charge in [0.2, 0.25) is 0 Å². The van der Waals surface area contributed by atoms with Gasteiger partial charge in [-0.25, -0.2) is 8.78 Å². The Morgan fingerprint density at radius 1 is 0.720 bits per heavy atom. The van der Waals surface area contributed by atoms with Crippen molar-refractivity contribution < 1.29 is 8.78 Å². The van der Waals surface area contributed by atoms with Crippen LogP contribution in [0.4, 0.5) is 14.5 Å². The van der Waals surface area contributed by atoms with Crippen LogP contribution >= 0.6 is 0 Å². The Balaban J connectivity index is 2.23. The molecule has 2 aromatic carbocycles. The van der Waals surface area contributed by atoms with Crippen LogP contribution in [-0.4, -0.2) is 28.5 Å². The van der Waals surface area contributed by atoms with E-state index in [-0.39, 0.29) is 11.6 Å². The summed E-state index contributed by atoms with van der Waals surface area (Å²) in [6.07, 6.45) is 0. The van der Waals surface area contributed by atoms with Crippen molar-refractivity contribution in [3.63, 3.8) is 0 Å². The summed E-state index contributed by atoms with van der Waals surface area (Å²) in [5.41, 5.74) is 3.55. The predicted molar refractivity (Wildman–Crippen MR) is 94.2 cm³/mol. The molecular weight excluding hydrogens is 322 g/mol. The minimum Gasteiger partial charge on any atom is -0.368 e. The summed E-state index contributed by atoms with van der Waals surface area (Å²) in [5.74, 6) is -0.622. The van der Waals surface area contributed by atoms with Gasteiger partial charge in [-0.15, -0.1) is 10.2 Å². The Bertz CT molecular complexity index is 781. The highest BCUT2D eigenvalue weighted by Crippen LogP contribution is 2.36. The average Bonchev–Trinajstić information content (AvgIpc) is 2.64. The molecule has 0 aliphatic rings. The molecule has 1 heterocycles. The number of anilines is 1. The molecule has 0 aliphatic carbocycles. The standard InChI is InChI=1S/C19H18F2N4/c1-3-25(4-2)19-17(13-5-9-15(20)10-6-13)22-24-23-18(19)14-7-11-16(21)12-8-14/h5-12H,3-4H2,1-2H3. The molecule has 1 aromatic heterocycles. The first-order valence-corrected chi connectivity index (χ1v) is 8.14. The molecule has 0 saturated carbocycles. The summed E-state index contributed by atoms with van der Waals surface area (Å²) in [6.45, 7) is 5.55. The van der Waals surface area contributed by atoms with E-state index in [0.29, 0.717) is 11.4 Å². The van der Waals surface area contributed by atoms with Gasteiger partial charge in [0.05, 0.1) is 5.69 Å². The van der Waals surface area contributed by atoms with Crippen molar-refractivity contribution in [2.75, 3.05) is 18.0 Å². The summed E-state index contributed by atoms with van der Waals surface area (Å²) in [6, 6.07) is 12.2. The van der Waals surface area contributed by atoms with Crippen molar-refractivity contribution in [1.29, 1.82) is 0 Å². The van der Waals surface area contributed by atoms with Gasteiger partial charge in [0.25, 0.3) is 0 Å². The van der Waals surface area contributed by atoms with Crippen LogP contribution < -0.4 is 4.90 Å². The lowest BCUT2D eigenvalue weighted by atomic mass is 10.0. The molecule has 0 atom stereocenters. The van der Waals surface area contributed by atoms with Crippen molar-refractivity contribution in [2.45, 2.75) is 13.8 Å². The molecule has 25 heavy (non-hydrogen) atoms. The second-order valence-corrected chi connectivity index (χ2v) is 5.52. The van der Waals surface area contributed by atoms with Crippen LogP contribution in [0.15, 0.2) is 48.5 Å². The van der Waals surface area contributed by atoms with Crippen LogP contribution in [0.5, 0.6) is 0 Å². The fraction of sp³-hybridized carbons (Fsp3) is 0.211. The SMILES string of the molecule is CCN(CC)c1c(-c2ccc(F)cc2)nnnc1-c1ccc(F)cc1. The predicted octanol–water partition coefficient (Wildman–Crippen LogP) is 4.33. The number of hydrogen-bond acceptors (Lipinski definition) is 4. The van der Waals surface area contributed by atoms with Crippen molar-refractivity contribution in [1.82, 2.24) is 15.4 Å². The average molecular weight is 340 g/mol. The fourth-order valence-corrected chi connectivity index (χ4v) is 2.76. The van der Waals surface area contributed by atoms with E-state index < -0.39 is 0 Å². The van der Waals surface area contributed by atoms with E-state index in [4.69, 9.17) is 0 Å². The van der Waals surface area contributed by atoms with Gasteiger partial charge in [0.15, 0.2) is 0 Å². The van der Waals surface area contributed by atoms with Gasteiger partial charge in [-0.3, -0.25) is 0 Å². The highest BCUT2D eigenvalue weighted by molar-refractivity contribution is 5.86.